The minimum Gasteiger partial charge on any atom is -0.455 e. The van der Waals surface area contributed by atoms with Gasteiger partial charge in [-0.1, -0.05) is 44.2 Å². The highest BCUT2D eigenvalue weighted by Gasteiger charge is 2.53. The Bertz CT molecular complexity index is 891. The van der Waals surface area contributed by atoms with Crippen LogP contribution in [-0.4, -0.2) is 67.6 Å². The Kier molecular flexibility index (Phi) is 11.6. The van der Waals surface area contributed by atoms with Crippen molar-refractivity contribution < 1.29 is 43.2 Å². The number of nitrogens with one attached hydrogen (secondary N) is 1. The smallest absolute Gasteiger partial charge is 0.412 e. The molecule has 7 atom stereocenters. The highest BCUT2D eigenvalue weighted by atomic mass is 16.7. The minimum atomic E-state index is -1.33. The summed E-state index contributed by atoms with van der Waals surface area (Å²) in [6, 6.07) is 8.57. The molecule has 0 spiro atoms. The molecule has 1 aliphatic rings. The second-order valence-electron chi connectivity index (χ2n) is 8.48. The predicted octanol–water partition coefficient (Wildman–Crippen LogP) is 3.22. The summed E-state index contributed by atoms with van der Waals surface area (Å²) in [5.41, 5.74) is 0.468. The van der Waals surface area contributed by atoms with Crippen molar-refractivity contribution in [2.24, 2.45) is 11.8 Å². The number of anilines is 1. The largest absolute Gasteiger partial charge is 0.455 e. The summed E-state index contributed by atoms with van der Waals surface area (Å²) in [5.74, 6) is -2.39. The number of rotatable bonds is 12. The lowest BCUT2D eigenvalue weighted by Gasteiger charge is -2.44. The summed E-state index contributed by atoms with van der Waals surface area (Å²) in [6.45, 7) is 9.97. The molecule has 198 valence electrons. The molecule has 0 aromatic heterocycles. The molecule has 2 N–H and O–H groups in total. The van der Waals surface area contributed by atoms with Crippen LogP contribution < -0.4 is 5.32 Å². The van der Waals surface area contributed by atoms with Gasteiger partial charge >= 0.3 is 18.0 Å². The summed E-state index contributed by atoms with van der Waals surface area (Å²) in [7, 11) is 1.31. The van der Waals surface area contributed by atoms with E-state index >= 15 is 0 Å². The van der Waals surface area contributed by atoms with Crippen LogP contribution in [0.15, 0.2) is 55.6 Å². The number of carbonyl (C=O) groups excluding carboxylic acids is 3. The van der Waals surface area contributed by atoms with Crippen molar-refractivity contribution in [3.63, 3.8) is 0 Å². The minimum absolute atomic E-state index is 0.333. The average molecular weight is 506 g/mol. The number of aliphatic hydroxyl groups excluding tert-OH is 1. The number of para-hydroxylation sites is 1. The van der Waals surface area contributed by atoms with Crippen molar-refractivity contribution in [3.8, 4) is 0 Å². The lowest BCUT2D eigenvalue weighted by atomic mass is 9.97. The van der Waals surface area contributed by atoms with Gasteiger partial charge < -0.3 is 28.8 Å². The number of allylic oxidation sites excluding steroid dienone is 2. The van der Waals surface area contributed by atoms with Gasteiger partial charge in [0.15, 0.2) is 24.6 Å². The lowest BCUT2D eigenvalue weighted by Crippen LogP contribution is -2.63. The molecule has 1 heterocycles. The van der Waals surface area contributed by atoms with Crippen LogP contribution in [0.25, 0.3) is 0 Å². The topological polar surface area (TPSA) is 130 Å². The van der Waals surface area contributed by atoms with Gasteiger partial charge in [-0.15, -0.1) is 13.2 Å². The number of aliphatic hydroxyl groups is 1. The molecule has 1 aromatic carbocycles. The quantitative estimate of drug-likeness (QED) is 0.250. The van der Waals surface area contributed by atoms with E-state index in [1.807, 2.05) is 0 Å². The average Bonchev–Trinajstić information content (AvgIpc) is 2.86. The van der Waals surface area contributed by atoms with Gasteiger partial charge in [0.1, 0.15) is 6.10 Å². The third-order valence-electron chi connectivity index (χ3n) is 5.62. The predicted molar refractivity (Wildman–Crippen MR) is 131 cm³/mol. The van der Waals surface area contributed by atoms with Gasteiger partial charge in [0.25, 0.3) is 0 Å². The fourth-order valence-corrected chi connectivity index (χ4v) is 3.60. The first kappa shape index (κ1) is 29.0. The standard InChI is InChI=1S/C26H35NO9/c1-6-11-16(3)23(29)34-20-19(15-28)33-25(32-5)22(21(20)35-24(30)17(4)12-7-2)36-26(31)27-18-13-9-8-10-14-18/h6-10,13-14,16-17,19-22,25,28H,1-2,11-12,15H2,3-5H3,(H,27,31)/t16-,17-,19+,20+,21-,22+,25-/m0/s1. The summed E-state index contributed by atoms with van der Waals surface area (Å²) in [4.78, 5) is 38.3. The molecule has 1 fully saturated rings. The van der Waals surface area contributed by atoms with Crippen LogP contribution in [0.4, 0.5) is 10.5 Å². The number of hydrogen-bond donors (Lipinski definition) is 2. The number of carbonyl (C=O) groups is 3. The van der Waals surface area contributed by atoms with Crippen LogP contribution in [0, 0.1) is 11.8 Å². The first-order valence-corrected chi connectivity index (χ1v) is 11.7. The van der Waals surface area contributed by atoms with E-state index in [1.165, 1.54) is 7.11 Å². The van der Waals surface area contributed by atoms with Gasteiger partial charge in [-0.3, -0.25) is 14.9 Å². The highest BCUT2D eigenvalue weighted by Crippen LogP contribution is 2.30. The highest BCUT2D eigenvalue weighted by molar-refractivity contribution is 5.84. The third kappa shape index (κ3) is 7.91. The van der Waals surface area contributed by atoms with Gasteiger partial charge in [-0.2, -0.15) is 0 Å². The first-order valence-electron chi connectivity index (χ1n) is 11.7. The van der Waals surface area contributed by atoms with Gasteiger partial charge in [-0.25, -0.2) is 4.79 Å². The van der Waals surface area contributed by atoms with Gasteiger partial charge in [0.05, 0.1) is 18.4 Å². The van der Waals surface area contributed by atoms with Crippen LogP contribution in [0.5, 0.6) is 0 Å². The van der Waals surface area contributed by atoms with E-state index < -0.39 is 67.2 Å². The molecule has 1 saturated heterocycles. The Morgan fingerprint density at radius 3 is 2.03 bits per heavy atom. The second-order valence-corrected chi connectivity index (χ2v) is 8.48. The third-order valence-corrected chi connectivity index (χ3v) is 5.62. The summed E-state index contributed by atoms with van der Waals surface area (Å²) < 4.78 is 28.0. The maximum absolute atomic E-state index is 12.9. The van der Waals surface area contributed by atoms with E-state index in [9.17, 15) is 19.5 Å². The molecule has 1 amide bonds. The molecule has 10 heteroatoms. The first-order chi connectivity index (χ1) is 17.2. The molecular formula is C26H35NO9. The maximum Gasteiger partial charge on any atom is 0.412 e. The van der Waals surface area contributed by atoms with E-state index in [-0.39, 0.29) is 0 Å². The number of methoxy groups -OCH3 is 1. The second kappa shape index (κ2) is 14.4. The lowest BCUT2D eigenvalue weighted by molar-refractivity contribution is -0.299. The Morgan fingerprint density at radius 1 is 0.972 bits per heavy atom. The fraction of sp³-hybridized carbons (Fsp3) is 0.500. The van der Waals surface area contributed by atoms with Gasteiger partial charge in [0.2, 0.25) is 0 Å². The Labute approximate surface area is 211 Å². The zero-order chi connectivity index (χ0) is 26.7. The normalized spacial score (nSPS) is 25.1. The molecule has 1 aliphatic heterocycles. The van der Waals surface area contributed by atoms with Crippen molar-refractivity contribution in [1.29, 1.82) is 0 Å². The molecule has 10 nitrogen and oxygen atoms in total. The molecule has 0 bridgehead atoms. The molecule has 0 radical (unpaired) electrons. The molecule has 2 rings (SSSR count). The monoisotopic (exact) mass is 505 g/mol. The molecular weight excluding hydrogens is 470 g/mol. The van der Waals surface area contributed by atoms with Crippen molar-refractivity contribution in [2.75, 3.05) is 19.0 Å². The Hall–Kier alpha value is -3.21. The zero-order valence-corrected chi connectivity index (χ0v) is 20.8. The fourth-order valence-electron chi connectivity index (χ4n) is 3.60. The summed E-state index contributed by atoms with van der Waals surface area (Å²) in [5, 5.41) is 12.5. The number of esters is 2. The van der Waals surface area contributed by atoms with Crippen molar-refractivity contribution in [2.45, 2.75) is 57.4 Å². The van der Waals surface area contributed by atoms with Crippen molar-refractivity contribution >= 4 is 23.7 Å². The molecule has 36 heavy (non-hydrogen) atoms. The maximum atomic E-state index is 12.9. The van der Waals surface area contributed by atoms with Crippen LogP contribution in [0.2, 0.25) is 0 Å². The van der Waals surface area contributed by atoms with Crippen LogP contribution in [0.1, 0.15) is 26.7 Å². The molecule has 0 unspecified atom stereocenters. The van der Waals surface area contributed by atoms with Crippen molar-refractivity contribution in [1.82, 2.24) is 0 Å². The Morgan fingerprint density at radius 2 is 1.53 bits per heavy atom. The number of hydrogen-bond acceptors (Lipinski definition) is 9. The molecule has 0 saturated carbocycles. The number of ether oxygens (including phenoxy) is 5. The zero-order valence-electron chi connectivity index (χ0n) is 20.8. The van der Waals surface area contributed by atoms with E-state index in [1.54, 1.807) is 56.3 Å². The molecule has 1 aromatic rings. The summed E-state index contributed by atoms with van der Waals surface area (Å²) in [6.07, 6.45) is -3.33. The van der Waals surface area contributed by atoms with E-state index in [0.717, 1.165) is 0 Å². The SMILES string of the molecule is C=CC[C@H](C)C(=O)O[C@@H]1[C@@H](OC(=O)Nc2ccccc2)[C@@H](OC)O[C@H](CO)[C@H]1OC(=O)[C@@H](C)CC=C. The Balaban J connectivity index is 2.38. The van der Waals surface area contributed by atoms with Gasteiger partial charge in [0, 0.05) is 12.8 Å². The number of benzene rings is 1. The van der Waals surface area contributed by atoms with Crippen molar-refractivity contribution in [3.05, 3.63) is 55.6 Å². The van der Waals surface area contributed by atoms with E-state index in [4.69, 9.17) is 23.7 Å². The summed E-state index contributed by atoms with van der Waals surface area (Å²) >= 11 is 0. The van der Waals surface area contributed by atoms with E-state index in [2.05, 4.69) is 18.5 Å². The van der Waals surface area contributed by atoms with Gasteiger partial charge in [-0.05, 0) is 25.0 Å². The van der Waals surface area contributed by atoms with Crippen LogP contribution in [0.3, 0.4) is 0 Å². The number of amides is 1. The van der Waals surface area contributed by atoms with E-state index in [0.29, 0.717) is 18.5 Å². The van der Waals surface area contributed by atoms with Crippen LogP contribution >= 0.6 is 0 Å². The molecule has 0 aliphatic carbocycles. The van der Waals surface area contributed by atoms with Crippen LogP contribution in [-0.2, 0) is 33.3 Å².